The summed E-state index contributed by atoms with van der Waals surface area (Å²) in [6.07, 6.45) is 10.8. The minimum absolute atomic E-state index is 0.00311. The zero-order chi connectivity index (χ0) is 14.9. The van der Waals surface area contributed by atoms with Crippen LogP contribution in [0, 0.1) is 0 Å². The second-order valence-corrected chi connectivity index (χ2v) is 5.47. The molecule has 4 rings (SSSR count). The van der Waals surface area contributed by atoms with Crippen molar-refractivity contribution in [1.29, 1.82) is 0 Å². The lowest BCUT2D eigenvalue weighted by Gasteiger charge is -2.24. The Balaban J connectivity index is 1.61. The summed E-state index contributed by atoms with van der Waals surface area (Å²) in [5.41, 5.74) is 1.17. The maximum atomic E-state index is 12.9. The van der Waals surface area contributed by atoms with Gasteiger partial charge in [0.2, 0.25) is 0 Å². The van der Waals surface area contributed by atoms with Crippen LogP contribution in [0.25, 0.3) is 5.65 Å². The second kappa shape index (κ2) is 5.25. The van der Waals surface area contributed by atoms with Gasteiger partial charge in [-0.05, 0) is 25.0 Å². The summed E-state index contributed by atoms with van der Waals surface area (Å²) in [6.45, 7) is 1.50. The number of rotatable bonds is 3. The van der Waals surface area contributed by atoms with Crippen molar-refractivity contribution in [2.75, 3.05) is 6.54 Å². The van der Waals surface area contributed by atoms with Crippen molar-refractivity contribution in [3.63, 3.8) is 0 Å². The molecular weight excluding hydrogens is 280 g/mol. The standard InChI is InChI=1S/C15H16N6O/c22-15(13-10-18-21-9-2-5-16-14(13)21)20-8-1-4-12(20)11-19-7-3-6-17-19/h2-3,5-7,9-10,12H,1,4,8,11H2/t12-/m0/s1. The van der Waals surface area contributed by atoms with Gasteiger partial charge in [0.15, 0.2) is 5.65 Å². The van der Waals surface area contributed by atoms with Crippen LogP contribution in [0.4, 0.5) is 0 Å². The maximum absolute atomic E-state index is 12.9. The van der Waals surface area contributed by atoms with Crippen LogP contribution < -0.4 is 0 Å². The summed E-state index contributed by atoms with van der Waals surface area (Å²) < 4.78 is 3.51. The highest BCUT2D eigenvalue weighted by atomic mass is 16.2. The molecular formula is C15H16N6O. The first-order valence-electron chi connectivity index (χ1n) is 7.40. The Bertz CT molecular complexity index is 793. The van der Waals surface area contributed by atoms with E-state index in [1.807, 2.05) is 21.8 Å². The number of carbonyl (C=O) groups excluding carboxylic acids is 1. The van der Waals surface area contributed by atoms with E-state index in [4.69, 9.17) is 0 Å². The van der Waals surface area contributed by atoms with Crippen molar-refractivity contribution >= 4 is 11.6 Å². The monoisotopic (exact) mass is 296 g/mol. The molecule has 0 unspecified atom stereocenters. The van der Waals surface area contributed by atoms with Crippen LogP contribution >= 0.6 is 0 Å². The van der Waals surface area contributed by atoms with Gasteiger partial charge in [-0.25, -0.2) is 9.50 Å². The summed E-state index contributed by atoms with van der Waals surface area (Å²) >= 11 is 0. The molecule has 4 heterocycles. The molecule has 0 bridgehead atoms. The first-order chi connectivity index (χ1) is 10.8. The van der Waals surface area contributed by atoms with Gasteiger partial charge in [-0.3, -0.25) is 9.48 Å². The molecule has 0 aliphatic carbocycles. The highest BCUT2D eigenvalue weighted by molar-refractivity contribution is 5.99. The predicted molar refractivity (Wildman–Crippen MR) is 79.3 cm³/mol. The summed E-state index contributed by atoms with van der Waals surface area (Å²) in [6, 6.07) is 3.87. The smallest absolute Gasteiger partial charge is 0.259 e. The molecule has 0 N–H and O–H groups in total. The van der Waals surface area contributed by atoms with Crippen molar-refractivity contribution in [3.8, 4) is 0 Å². The van der Waals surface area contributed by atoms with Crippen LogP contribution in [-0.4, -0.2) is 47.8 Å². The molecule has 3 aromatic heterocycles. The molecule has 1 aliphatic rings. The Morgan fingerprint density at radius 3 is 3.00 bits per heavy atom. The van der Waals surface area contributed by atoms with Gasteiger partial charge >= 0.3 is 0 Å². The zero-order valence-electron chi connectivity index (χ0n) is 12.0. The third-order valence-electron chi connectivity index (χ3n) is 4.10. The van der Waals surface area contributed by atoms with Crippen LogP contribution in [0.2, 0.25) is 0 Å². The van der Waals surface area contributed by atoms with Crippen LogP contribution in [0.3, 0.4) is 0 Å². The normalized spacial score (nSPS) is 18.2. The Labute approximate surface area is 127 Å². The third kappa shape index (κ3) is 2.14. The molecule has 1 amide bonds. The van der Waals surface area contributed by atoms with E-state index in [0.29, 0.717) is 11.2 Å². The van der Waals surface area contributed by atoms with Crippen molar-refractivity contribution in [2.24, 2.45) is 0 Å². The Morgan fingerprint density at radius 1 is 1.23 bits per heavy atom. The largest absolute Gasteiger partial charge is 0.334 e. The molecule has 1 fully saturated rings. The van der Waals surface area contributed by atoms with Crippen molar-refractivity contribution < 1.29 is 4.79 Å². The van der Waals surface area contributed by atoms with Crippen LogP contribution in [0.15, 0.2) is 43.1 Å². The van der Waals surface area contributed by atoms with Gasteiger partial charge in [-0.15, -0.1) is 0 Å². The Hall–Kier alpha value is -2.70. The average Bonchev–Trinajstić information content (AvgIpc) is 3.27. The number of fused-ring (bicyclic) bond motifs is 1. The fourth-order valence-electron chi connectivity index (χ4n) is 3.05. The number of nitrogens with zero attached hydrogens (tertiary/aromatic N) is 6. The molecule has 0 spiro atoms. The molecule has 1 saturated heterocycles. The van der Waals surface area contributed by atoms with Crippen molar-refractivity contribution in [3.05, 3.63) is 48.7 Å². The molecule has 112 valence electrons. The number of hydrogen-bond donors (Lipinski definition) is 0. The molecule has 1 atom stereocenters. The second-order valence-electron chi connectivity index (χ2n) is 5.47. The lowest BCUT2D eigenvalue weighted by Crippen LogP contribution is -2.38. The lowest BCUT2D eigenvalue weighted by molar-refractivity contribution is 0.0723. The zero-order valence-corrected chi connectivity index (χ0v) is 12.0. The van der Waals surface area contributed by atoms with Gasteiger partial charge in [0.1, 0.15) is 5.56 Å². The van der Waals surface area contributed by atoms with Gasteiger partial charge in [0.25, 0.3) is 5.91 Å². The minimum Gasteiger partial charge on any atom is -0.334 e. The topological polar surface area (TPSA) is 68.3 Å². The van der Waals surface area contributed by atoms with Crippen LogP contribution in [0.5, 0.6) is 0 Å². The molecule has 0 aromatic carbocycles. The number of carbonyl (C=O) groups is 1. The first-order valence-corrected chi connectivity index (χ1v) is 7.40. The van der Waals surface area contributed by atoms with E-state index in [9.17, 15) is 4.79 Å². The van der Waals surface area contributed by atoms with Crippen molar-refractivity contribution in [1.82, 2.24) is 29.3 Å². The third-order valence-corrected chi connectivity index (χ3v) is 4.10. The lowest BCUT2D eigenvalue weighted by atomic mass is 10.2. The van der Waals surface area contributed by atoms with Gasteiger partial charge < -0.3 is 4.90 Å². The average molecular weight is 296 g/mol. The van der Waals surface area contributed by atoms with Gasteiger partial charge in [-0.1, -0.05) is 0 Å². The first kappa shape index (κ1) is 13.0. The van der Waals surface area contributed by atoms with E-state index in [-0.39, 0.29) is 11.9 Å². The molecule has 0 radical (unpaired) electrons. The summed E-state index contributed by atoms with van der Waals surface area (Å²) in [4.78, 5) is 19.1. The number of amides is 1. The van der Waals surface area contributed by atoms with Crippen LogP contribution in [0.1, 0.15) is 23.2 Å². The van der Waals surface area contributed by atoms with Gasteiger partial charge in [0, 0.05) is 31.3 Å². The molecule has 7 nitrogen and oxygen atoms in total. The molecule has 7 heteroatoms. The number of likely N-dealkylation sites (tertiary alicyclic amines) is 1. The molecule has 22 heavy (non-hydrogen) atoms. The summed E-state index contributed by atoms with van der Waals surface area (Å²) in [5.74, 6) is 0.00311. The van der Waals surface area contributed by atoms with E-state index < -0.39 is 0 Å². The van der Waals surface area contributed by atoms with Gasteiger partial charge in [0.05, 0.1) is 18.8 Å². The van der Waals surface area contributed by atoms with Crippen LogP contribution in [-0.2, 0) is 6.54 Å². The molecule has 0 saturated carbocycles. The molecule has 3 aromatic rings. The molecule has 1 aliphatic heterocycles. The fourth-order valence-corrected chi connectivity index (χ4v) is 3.05. The highest BCUT2D eigenvalue weighted by Gasteiger charge is 2.31. The van der Waals surface area contributed by atoms with E-state index in [1.165, 1.54) is 0 Å². The van der Waals surface area contributed by atoms with E-state index in [0.717, 1.165) is 25.9 Å². The predicted octanol–water partition coefficient (Wildman–Crippen LogP) is 1.23. The highest BCUT2D eigenvalue weighted by Crippen LogP contribution is 2.22. The number of aromatic nitrogens is 5. The SMILES string of the molecule is O=C(c1cnn2cccnc12)N1CCC[C@H]1Cn1cccn1. The summed E-state index contributed by atoms with van der Waals surface area (Å²) in [5, 5.41) is 8.44. The quantitative estimate of drug-likeness (QED) is 0.729. The number of hydrogen-bond acceptors (Lipinski definition) is 4. The Kier molecular flexibility index (Phi) is 3.10. The fraction of sp³-hybridized carbons (Fsp3) is 0.333. The van der Waals surface area contributed by atoms with E-state index >= 15 is 0 Å². The Morgan fingerprint density at radius 2 is 2.14 bits per heavy atom. The van der Waals surface area contributed by atoms with E-state index in [2.05, 4.69) is 15.2 Å². The summed E-state index contributed by atoms with van der Waals surface area (Å²) in [7, 11) is 0. The van der Waals surface area contributed by atoms with E-state index in [1.54, 1.807) is 35.4 Å². The minimum atomic E-state index is 0.00311. The van der Waals surface area contributed by atoms with Gasteiger partial charge in [-0.2, -0.15) is 10.2 Å². The maximum Gasteiger partial charge on any atom is 0.259 e. The van der Waals surface area contributed by atoms with Crippen molar-refractivity contribution in [2.45, 2.75) is 25.4 Å².